The van der Waals surface area contributed by atoms with Crippen LogP contribution < -0.4 is 14.4 Å². The minimum absolute atomic E-state index is 0.0903. The molecule has 0 saturated heterocycles. The first-order chi connectivity index (χ1) is 19.7. The van der Waals surface area contributed by atoms with Gasteiger partial charge in [-0.15, -0.1) is 0 Å². The summed E-state index contributed by atoms with van der Waals surface area (Å²) in [6, 6.07) is 21.8. The number of hydrogen-bond donors (Lipinski definition) is 1. The van der Waals surface area contributed by atoms with Gasteiger partial charge in [0.1, 0.15) is 18.3 Å². The average Bonchev–Trinajstić information content (AvgIpc) is 3.49. The van der Waals surface area contributed by atoms with Gasteiger partial charge in [0.15, 0.2) is 0 Å². The van der Waals surface area contributed by atoms with Crippen molar-refractivity contribution in [1.29, 1.82) is 0 Å². The molecule has 3 aromatic carbocycles. The molecule has 0 aromatic heterocycles. The standard InChI is InChI=1S/C32H39N3O5S/c1-4-30(32(37)33-26-10-8-9-11-26)34(22-25-16-18-28(40-3)19-17-25)31(36)23-35(27-12-6-5-7-13-27)41(38,39)29-20-14-24(2)15-21-29/h5-7,12-21,26,30H,4,8-11,22-23H2,1-3H3,(H,33,37)/t30-/m1/s1. The number of sulfonamides is 1. The normalized spacial score (nSPS) is 14.3. The van der Waals surface area contributed by atoms with Crippen molar-refractivity contribution in [2.75, 3.05) is 18.0 Å². The summed E-state index contributed by atoms with van der Waals surface area (Å²) < 4.78 is 34.2. The highest BCUT2D eigenvalue weighted by Gasteiger charge is 2.34. The highest BCUT2D eigenvalue weighted by molar-refractivity contribution is 7.92. The smallest absolute Gasteiger partial charge is 0.264 e. The van der Waals surface area contributed by atoms with Gasteiger partial charge in [-0.3, -0.25) is 13.9 Å². The number of nitrogens with zero attached hydrogens (tertiary/aromatic N) is 2. The van der Waals surface area contributed by atoms with Gasteiger partial charge >= 0.3 is 0 Å². The van der Waals surface area contributed by atoms with E-state index < -0.39 is 28.5 Å². The number of carbonyl (C=O) groups excluding carboxylic acids is 2. The summed E-state index contributed by atoms with van der Waals surface area (Å²) in [5, 5.41) is 3.13. The van der Waals surface area contributed by atoms with Gasteiger partial charge in [0.05, 0.1) is 17.7 Å². The molecule has 1 fully saturated rings. The first-order valence-electron chi connectivity index (χ1n) is 14.1. The number of carbonyl (C=O) groups is 2. The van der Waals surface area contributed by atoms with Crippen molar-refractivity contribution in [3.8, 4) is 5.75 Å². The maximum atomic E-state index is 14.1. The monoisotopic (exact) mass is 577 g/mol. The number of aryl methyl sites for hydroxylation is 1. The fourth-order valence-electron chi connectivity index (χ4n) is 5.18. The summed E-state index contributed by atoms with van der Waals surface area (Å²) in [6.45, 7) is 3.44. The van der Waals surface area contributed by atoms with Gasteiger partial charge < -0.3 is 15.0 Å². The van der Waals surface area contributed by atoms with Crippen LogP contribution in [-0.4, -0.2) is 50.9 Å². The highest BCUT2D eigenvalue weighted by atomic mass is 32.2. The predicted octanol–water partition coefficient (Wildman–Crippen LogP) is 5.07. The number of methoxy groups -OCH3 is 1. The van der Waals surface area contributed by atoms with E-state index in [0.29, 0.717) is 17.9 Å². The number of hydrogen-bond acceptors (Lipinski definition) is 5. The van der Waals surface area contributed by atoms with Crippen molar-refractivity contribution in [2.24, 2.45) is 0 Å². The van der Waals surface area contributed by atoms with E-state index in [0.717, 1.165) is 41.1 Å². The van der Waals surface area contributed by atoms with Crippen molar-refractivity contribution in [2.45, 2.75) is 69.5 Å². The number of anilines is 1. The Balaban J connectivity index is 1.69. The van der Waals surface area contributed by atoms with Crippen LogP contribution in [0.3, 0.4) is 0 Å². The van der Waals surface area contributed by atoms with Crippen molar-refractivity contribution >= 4 is 27.5 Å². The Morgan fingerprint density at radius 2 is 1.59 bits per heavy atom. The molecule has 4 rings (SSSR count). The summed E-state index contributed by atoms with van der Waals surface area (Å²) in [4.78, 5) is 29.3. The molecular formula is C32H39N3O5S. The zero-order chi connectivity index (χ0) is 29.4. The molecule has 0 aliphatic heterocycles. The molecule has 1 aliphatic carbocycles. The number of amides is 2. The molecule has 2 amide bonds. The number of nitrogens with one attached hydrogen (secondary N) is 1. The minimum atomic E-state index is -4.08. The van der Waals surface area contributed by atoms with E-state index in [1.54, 1.807) is 73.8 Å². The Hall–Kier alpha value is -3.85. The molecular weight excluding hydrogens is 538 g/mol. The Morgan fingerprint density at radius 1 is 0.951 bits per heavy atom. The van der Waals surface area contributed by atoms with E-state index in [-0.39, 0.29) is 23.4 Å². The van der Waals surface area contributed by atoms with Crippen LogP contribution in [-0.2, 0) is 26.2 Å². The number of benzene rings is 3. The summed E-state index contributed by atoms with van der Waals surface area (Å²) in [5.41, 5.74) is 2.10. The van der Waals surface area contributed by atoms with Crippen LogP contribution in [0.4, 0.5) is 5.69 Å². The first kappa shape index (κ1) is 30.1. The SMILES string of the molecule is CC[C@H](C(=O)NC1CCCC1)N(Cc1ccc(OC)cc1)C(=O)CN(c1ccccc1)S(=O)(=O)c1ccc(C)cc1. The van der Waals surface area contributed by atoms with Crippen LogP contribution >= 0.6 is 0 Å². The predicted molar refractivity (Wildman–Crippen MR) is 160 cm³/mol. The Kier molecular flexibility index (Phi) is 10.0. The second-order valence-corrected chi connectivity index (χ2v) is 12.3. The molecule has 218 valence electrons. The van der Waals surface area contributed by atoms with Gasteiger partial charge in [-0.25, -0.2) is 8.42 Å². The van der Waals surface area contributed by atoms with Gasteiger partial charge in [0.25, 0.3) is 10.0 Å². The molecule has 9 heteroatoms. The van der Waals surface area contributed by atoms with Crippen molar-refractivity contribution < 1.29 is 22.7 Å². The van der Waals surface area contributed by atoms with Gasteiger partial charge in [-0.2, -0.15) is 0 Å². The van der Waals surface area contributed by atoms with Gasteiger partial charge in [-0.1, -0.05) is 67.8 Å². The third-order valence-corrected chi connectivity index (χ3v) is 9.32. The highest BCUT2D eigenvalue weighted by Crippen LogP contribution is 2.25. The van der Waals surface area contributed by atoms with Crippen LogP contribution in [0, 0.1) is 6.92 Å². The second-order valence-electron chi connectivity index (χ2n) is 10.4. The van der Waals surface area contributed by atoms with Crippen LogP contribution in [0.5, 0.6) is 5.75 Å². The minimum Gasteiger partial charge on any atom is -0.497 e. The van der Waals surface area contributed by atoms with E-state index in [2.05, 4.69) is 5.32 Å². The lowest BCUT2D eigenvalue weighted by atomic mass is 10.1. The van der Waals surface area contributed by atoms with E-state index in [4.69, 9.17) is 4.74 Å². The third kappa shape index (κ3) is 7.47. The zero-order valence-corrected chi connectivity index (χ0v) is 24.8. The van der Waals surface area contributed by atoms with E-state index in [1.165, 1.54) is 4.90 Å². The van der Waals surface area contributed by atoms with Crippen molar-refractivity contribution in [3.63, 3.8) is 0 Å². The Labute approximate surface area is 243 Å². The van der Waals surface area contributed by atoms with Gasteiger partial charge in [0.2, 0.25) is 11.8 Å². The summed E-state index contributed by atoms with van der Waals surface area (Å²) >= 11 is 0. The van der Waals surface area contributed by atoms with Crippen LogP contribution in [0.1, 0.15) is 50.2 Å². The molecule has 41 heavy (non-hydrogen) atoms. The molecule has 0 heterocycles. The number of ether oxygens (including phenoxy) is 1. The molecule has 0 unspecified atom stereocenters. The molecule has 1 aliphatic rings. The van der Waals surface area contributed by atoms with E-state index >= 15 is 0 Å². The number of rotatable bonds is 12. The van der Waals surface area contributed by atoms with E-state index in [9.17, 15) is 18.0 Å². The van der Waals surface area contributed by atoms with Crippen molar-refractivity contribution in [3.05, 3.63) is 90.0 Å². The summed E-state index contributed by atoms with van der Waals surface area (Å²) in [7, 11) is -2.50. The lowest BCUT2D eigenvalue weighted by molar-refractivity contribution is -0.140. The van der Waals surface area contributed by atoms with Crippen LogP contribution in [0.2, 0.25) is 0 Å². The molecule has 1 atom stereocenters. The van der Waals surface area contributed by atoms with Crippen LogP contribution in [0.25, 0.3) is 0 Å². The molecule has 0 bridgehead atoms. The molecule has 0 spiro atoms. The quantitative estimate of drug-likeness (QED) is 0.325. The Morgan fingerprint density at radius 3 is 2.17 bits per heavy atom. The first-order valence-corrected chi connectivity index (χ1v) is 15.5. The summed E-state index contributed by atoms with van der Waals surface area (Å²) in [5.74, 6) is -0.000201. The van der Waals surface area contributed by atoms with Crippen LogP contribution in [0.15, 0.2) is 83.8 Å². The maximum Gasteiger partial charge on any atom is 0.264 e. The maximum absolute atomic E-state index is 14.1. The third-order valence-electron chi connectivity index (χ3n) is 7.53. The fourth-order valence-corrected chi connectivity index (χ4v) is 6.59. The van der Waals surface area contributed by atoms with Gasteiger partial charge in [0, 0.05) is 12.6 Å². The molecule has 1 saturated carbocycles. The molecule has 8 nitrogen and oxygen atoms in total. The average molecular weight is 578 g/mol. The van der Waals surface area contributed by atoms with E-state index in [1.807, 2.05) is 26.0 Å². The lowest BCUT2D eigenvalue weighted by Crippen LogP contribution is -2.53. The largest absolute Gasteiger partial charge is 0.497 e. The molecule has 3 aromatic rings. The lowest BCUT2D eigenvalue weighted by Gasteiger charge is -2.33. The molecule has 1 N–H and O–H groups in total. The summed E-state index contributed by atoms with van der Waals surface area (Å²) in [6.07, 6.45) is 4.37. The fraction of sp³-hybridized carbons (Fsp3) is 0.375. The zero-order valence-electron chi connectivity index (χ0n) is 24.0. The topological polar surface area (TPSA) is 96.0 Å². The molecule has 0 radical (unpaired) electrons. The van der Waals surface area contributed by atoms with Crippen molar-refractivity contribution in [1.82, 2.24) is 10.2 Å². The number of para-hydroxylation sites is 1. The van der Waals surface area contributed by atoms with Gasteiger partial charge in [-0.05, 0) is 68.1 Å². The Bertz CT molecular complexity index is 1400. The second kappa shape index (κ2) is 13.7.